The molecule has 0 atom stereocenters. The van der Waals surface area contributed by atoms with Crippen molar-refractivity contribution in [1.82, 2.24) is 9.80 Å². The predicted molar refractivity (Wildman–Crippen MR) is 87.9 cm³/mol. The number of nitrogens with zero attached hydrogens (tertiary/aromatic N) is 2. The van der Waals surface area contributed by atoms with Gasteiger partial charge in [0.05, 0.1) is 0 Å². The van der Waals surface area contributed by atoms with Gasteiger partial charge in [0.1, 0.15) is 5.82 Å². The summed E-state index contributed by atoms with van der Waals surface area (Å²) < 4.78 is 14.0. The first-order chi connectivity index (χ1) is 10.6. The monoisotopic (exact) mass is 368 g/mol. The fourth-order valence-electron chi connectivity index (χ4n) is 3.42. The van der Waals surface area contributed by atoms with Gasteiger partial charge in [-0.3, -0.25) is 9.69 Å². The van der Waals surface area contributed by atoms with E-state index >= 15 is 0 Å². The minimum atomic E-state index is -0.217. The van der Waals surface area contributed by atoms with Gasteiger partial charge >= 0.3 is 0 Å². The Labute approximate surface area is 139 Å². The van der Waals surface area contributed by atoms with E-state index in [1.54, 1.807) is 0 Å². The molecular weight excluding hydrogens is 347 g/mol. The number of halogens is 2. The summed E-state index contributed by atoms with van der Waals surface area (Å²) in [4.78, 5) is 16.8. The van der Waals surface area contributed by atoms with Gasteiger partial charge < -0.3 is 4.90 Å². The van der Waals surface area contributed by atoms with Crippen LogP contribution in [0.25, 0.3) is 0 Å². The average Bonchev–Trinajstić information content (AvgIpc) is 3.04. The maximum absolute atomic E-state index is 13.1. The molecule has 1 aromatic carbocycles. The zero-order valence-corrected chi connectivity index (χ0v) is 14.3. The highest BCUT2D eigenvalue weighted by atomic mass is 79.9. The van der Waals surface area contributed by atoms with Gasteiger partial charge in [-0.05, 0) is 56.5 Å². The lowest BCUT2D eigenvalue weighted by molar-refractivity contribution is -0.136. The molecule has 0 saturated carbocycles. The first-order valence-corrected chi connectivity index (χ1v) is 8.88. The molecule has 1 amide bonds. The fourth-order valence-corrected chi connectivity index (χ4v) is 3.90. The third kappa shape index (κ3) is 3.69. The van der Waals surface area contributed by atoms with Crippen molar-refractivity contribution in [1.29, 1.82) is 0 Å². The Hall–Kier alpha value is -0.940. The molecule has 1 aromatic rings. The van der Waals surface area contributed by atoms with Crippen LogP contribution in [0.3, 0.4) is 0 Å². The number of likely N-dealkylation sites (tertiary alicyclic amines) is 2. The average molecular weight is 369 g/mol. The molecule has 2 aliphatic rings. The van der Waals surface area contributed by atoms with Gasteiger partial charge in [-0.1, -0.05) is 22.0 Å². The number of carbonyl (C=O) groups is 1. The topological polar surface area (TPSA) is 23.6 Å². The van der Waals surface area contributed by atoms with Gasteiger partial charge in [-0.25, -0.2) is 4.39 Å². The Kier molecular flexibility index (Phi) is 5.14. The van der Waals surface area contributed by atoms with E-state index in [1.807, 2.05) is 11.0 Å². The van der Waals surface area contributed by atoms with Gasteiger partial charge in [0.25, 0.3) is 0 Å². The quantitative estimate of drug-likeness (QED) is 0.815. The van der Waals surface area contributed by atoms with Crippen molar-refractivity contribution >= 4 is 21.8 Å². The van der Waals surface area contributed by atoms with E-state index in [9.17, 15) is 9.18 Å². The normalized spacial score (nSPS) is 20.5. The molecule has 0 radical (unpaired) electrons. The van der Waals surface area contributed by atoms with Gasteiger partial charge in [-0.2, -0.15) is 0 Å². The predicted octanol–water partition coefficient (Wildman–Crippen LogP) is 3.42. The number of piperidine rings is 1. The summed E-state index contributed by atoms with van der Waals surface area (Å²) in [5.41, 5.74) is 1.10. The molecule has 2 heterocycles. The van der Waals surface area contributed by atoms with E-state index in [0.717, 1.165) is 68.4 Å². The van der Waals surface area contributed by atoms with Crippen LogP contribution < -0.4 is 0 Å². The molecule has 0 aromatic heterocycles. The van der Waals surface area contributed by atoms with Gasteiger partial charge in [0.15, 0.2) is 0 Å². The summed E-state index contributed by atoms with van der Waals surface area (Å²) in [5.74, 6) is 0.344. The Morgan fingerprint density at radius 1 is 1.18 bits per heavy atom. The van der Waals surface area contributed by atoms with Crippen LogP contribution in [0.4, 0.5) is 4.39 Å². The molecule has 3 rings (SSSR count). The van der Waals surface area contributed by atoms with Crippen molar-refractivity contribution in [3.8, 4) is 0 Å². The second-order valence-electron chi connectivity index (χ2n) is 6.32. The van der Waals surface area contributed by atoms with E-state index in [2.05, 4.69) is 20.8 Å². The van der Waals surface area contributed by atoms with Crippen molar-refractivity contribution in [2.45, 2.75) is 32.2 Å². The Morgan fingerprint density at radius 2 is 1.86 bits per heavy atom. The molecule has 120 valence electrons. The summed E-state index contributed by atoms with van der Waals surface area (Å²) >= 11 is 3.43. The highest BCUT2D eigenvalue weighted by molar-refractivity contribution is 9.10. The number of carbonyl (C=O) groups excluding carboxylic acids is 1. The smallest absolute Gasteiger partial charge is 0.225 e. The largest absolute Gasteiger partial charge is 0.342 e. The van der Waals surface area contributed by atoms with Crippen molar-refractivity contribution in [2.24, 2.45) is 5.92 Å². The lowest BCUT2D eigenvalue weighted by atomic mass is 9.95. The third-order valence-corrected chi connectivity index (χ3v) is 5.50. The van der Waals surface area contributed by atoms with Crippen LogP contribution in [0.2, 0.25) is 0 Å². The van der Waals surface area contributed by atoms with E-state index in [1.165, 1.54) is 12.1 Å². The molecular formula is C17H22BrFN2O. The molecule has 0 bridgehead atoms. The van der Waals surface area contributed by atoms with Crippen LogP contribution in [0.5, 0.6) is 0 Å². The fraction of sp³-hybridized carbons (Fsp3) is 0.588. The van der Waals surface area contributed by atoms with Crippen molar-refractivity contribution in [3.05, 3.63) is 34.1 Å². The highest BCUT2D eigenvalue weighted by Gasteiger charge is 2.29. The van der Waals surface area contributed by atoms with E-state index in [0.29, 0.717) is 5.91 Å². The first kappa shape index (κ1) is 15.9. The Balaban J connectivity index is 1.52. The lowest BCUT2D eigenvalue weighted by Gasteiger charge is -2.33. The highest BCUT2D eigenvalue weighted by Crippen LogP contribution is 2.25. The van der Waals surface area contributed by atoms with Crippen LogP contribution in [-0.2, 0) is 11.3 Å². The van der Waals surface area contributed by atoms with Gasteiger partial charge in [-0.15, -0.1) is 0 Å². The number of rotatable bonds is 3. The standard InChI is InChI=1S/C17H22BrFN2O/c18-16-11-15(19)4-3-14(16)12-20-9-5-13(6-10-20)17(22)21-7-1-2-8-21/h3-4,11,13H,1-2,5-10,12H2. The van der Waals surface area contributed by atoms with Crippen LogP contribution in [-0.4, -0.2) is 41.9 Å². The SMILES string of the molecule is O=C(C1CCN(Cc2ccc(F)cc2Br)CC1)N1CCCC1. The zero-order valence-electron chi connectivity index (χ0n) is 12.7. The van der Waals surface area contributed by atoms with Crippen molar-refractivity contribution in [3.63, 3.8) is 0 Å². The number of benzene rings is 1. The van der Waals surface area contributed by atoms with E-state index in [4.69, 9.17) is 0 Å². The third-order valence-electron chi connectivity index (χ3n) is 4.76. The van der Waals surface area contributed by atoms with Gasteiger partial charge in [0.2, 0.25) is 5.91 Å². The molecule has 5 heteroatoms. The Morgan fingerprint density at radius 3 is 2.50 bits per heavy atom. The van der Waals surface area contributed by atoms with E-state index in [-0.39, 0.29) is 11.7 Å². The summed E-state index contributed by atoms with van der Waals surface area (Å²) in [6.45, 7) is 4.58. The molecule has 0 aliphatic carbocycles. The minimum Gasteiger partial charge on any atom is -0.342 e. The second-order valence-corrected chi connectivity index (χ2v) is 7.17. The number of amides is 1. The molecule has 2 saturated heterocycles. The lowest BCUT2D eigenvalue weighted by Crippen LogP contribution is -2.41. The summed E-state index contributed by atoms with van der Waals surface area (Å²) in [6.07, 6.45) is 4.19. The molecule has 0 unspecified atom stereocenters. The summed E-state index contributed by atoms with van der Waals surface area (Å²) in [7, 11) is 0. The van der Waals surface area contributed by atoms with Crippen molar-refractivity contribution < 1.29 is 9.18 Å². The number of hydrogen-bond acceptors (Lipinski definition) is 2. The molecule has 0 spiro atoms. The molecule has 3 nitrogen and oxygen atoms in total. The van der Waals surface area contributed by atoms with Gasteiger partial charge in [0, 0.05) is 30.0 Å². The molecule has 2 aliphatic heterocycles. The summed E-state index contributed by atoms with van der Waals surface area (Å²) in [6, 6.07) is 4.85. The second kappa shape index (κ2) is 7.09. The van der Waals surface area contributed by atoms with E-state index < -0.39 is 0 Å². The minimum absolute atomic E-state index is 0.200. The first-order valence-electron chi connectivity index (χ1n) is 8.08. The van der Waals surface area contributed by atoms with Crippen LogP contribution in [0.1, 0.15) is 31.2 Å². The maximum atomic E-state index is 13.1. The van der Waals surface area contributed by atoms with Crippen LogP contribution in [0, 0.1) is 11.7 Å². The van der Waals surface area contributed by atoms with Crippen LogP contribution >= 0.6 is 15.9 Å². The van der Waals surface area contributed by atoms with Crippen molar-refractivity contribution in [2.75, 3.05) is 26.2 Å². The molecule has 2 fully saturated rings. The number of hydrogen-bond donors (Lipinski definition) is 0. The molecule has 22 heavy (non-hydrogen) atoms. The zero-order chi connectivity index (χ0) is 15.5. The Bertz CT molecular complexity index is 537. The molecule has 0 N–H and O–H groups in total. The summed E-state index contributed by atoms with van der Waals surface area (Å²) in [5, 5.41) is 0. The maximum Gasteiger partial charge on any atom is 0.225 e. The van der Waals surface area contributed by atoms with Crippen LogP contribution in [0.15, 0.2) is 22.7 Å².